The van der Waals surface area contributed by atoms with E-state index in [0.29, 0.717) is 0 Å². The van der Waals surface area contributed by atoms with Crippen LogP contribution in [0.15, 0.2) is 18.2 Å². The Morgan fingerprint density at radius 3 is 1.88 bits per heavy atom. The molecule has 0 bridgehead atoms. The molecule has 0 N–H and O–H groups in total. The molecule has 0 amide bonds. The van der Waals surface area contributed by atoms with Crippen molar-refractivity contribution in [1.82, 2.24) is 0 Å². The predicted octanol–water partition coefficient (Wildman–Crippen LogP) is 1.84. The van der Waals surface area contributed by atoms with E-state index in [4.69, 9.17) is 0 Å². The van der Waals surface area contributed by atoms with E-state index in [1.807, 2.05) is 13.8 Å². The van der Waals surface area contributed by atoms with Gasteiger partial charge >= 0.3 is 17.9 Å². The molecule has 0 atom stereocenters. The Morgan fingerprint density at radius 1 is 1.00 bits per heavy atom. The third-order valence-corrected chi connectivity index (χ3v) is 2.84. The van der Waals surface area contributed by atoms with Crippen molar-refractivity contribution in [3.63, 3.8) is 0 Å². The van der Waals surface area contributed by atoms with Crippen LogP contribution in [0.25, 0.3) is 0 Å². The Morgan fingerprint density at radius 2 is 1.50 bits per heavy atom. The first-order chi connectivity index (χ1) is 11.4. The quantitative estimate of drug-likeness (QED) is 0.261. The monoisotopic (exact) mass is 341 g/mol. The highest BCUT2D eigenvalue weighted by atomic mass is 16.6. The molecular formula is C15H19NO8. The first-order valence-electron chi connectivity index (χ1n) is 6.89. The Hall–Kier alpha value is -2.97. The lowest BCUT2D eigenvalue weighted by Crippen LogP contribution is -2.26. The van der Waals surface area contributed by atoms with Crippen LogP contribution < -0.4 is 0 Å². The minimum absolute atomic E-state index is 0.101. The molecule has 24 heavy (non-hydrogen) atoms. The number of ether oxygens (including phenoxy) is 3. The van der Waals surface area contributed by atoms with Crippen LogP contribution in [0, 0.1) is 10.1 Å². The van der Waals surface area contributed by atoms with Gasteiger partial charge in [0.05, 0.1) is 31.8 Å². The van der Waals surface area contributed by atoms with E-state index in [1.54, 1.807) is 0 Å². The molecule has 0 aliphatic heterocycles. The van der Waals surface area contributed by atoms with E-state index >= 15 is 0 Å². The summed E-state index contributed by atoms with van der Waals surface area (Å²) in [6.45, 7) is 4.00. The van der Waals surface area contributed by atoms with Crippen LogP contribution >= 0.6 is 0 Å². The first-order valence-corrected chi connectivity index (χ1v) is 6.89. The largest absolute Gasteiger partial charge is 0.468 e. The van der Waals surface area contributed by atoms with Crippen LogP contribution in [0.5, 0.6) is 0 Å². The number of nitro benzene ring substituents is 1. The minimum Gasteiger partial charge on any atom is -0.468 e. The molecule has 9 heteroatoms. The summed E-state index contributed by atoms with van der Waals surface area (Å²) < 4.78 is 13.5. The smallest absolute Gasteiger partial charge is 0.338 e. The van der Waals surface area contributed by atoms with E-state index in [2.05, 4.69) is 14.2 Å². The fourth-order valence-corrected chi connectivity index (χ4v) is 1.78. The van der Waals surface area contributed by atoms with E-state index in [-0.39, 0.29) is 11.1 Å². The van der Waals surface area contributed by atoms with Crippen LogP contribution in [-0.4, -0.2) is 44.2 Å². The summed E-state index contributed by atoms with van der Waals surface area (Å²) in [5.74, 6) is -4.42. The van der Waals surface area contributed by atoms with Gasteiger partial charge in [-0.1, -0.05) is 13.8 Å². The van der Waals surface area contributed by atoms with Gasteiger partial charge in [0.1, 0.15) is 0 Å². The molecule has 0 aliphatic rings. The molecule has 0 unspecified atom stereocenters. The minimum atomic E-state index is -1.55. The number of carbonyl (C=O) groups excluding carboxylic acids is 3. The topological polar surface area (TPSA) is 122 Å². The van der Waals surface area contributed by atoms with Gasteiger partial charge in [0.15, 0.2) is 5.92 Å². The molecule has 132 valence electrons. The first kappa shape index (κ1) is 21.0. The summed E-state index contributed by atoms with van der Waals surface area (Å²) >= 11 is 0. The van der Waals surface area contributed by atoms with E-state index in [1.165, 1.54) is 0 Å². The van der Waals surface area contributed by atoms with Crippen LogP contribution in [-0.2, 0) is 23.8 Å². The van der Waals surface area contributed by atoms with Gasteiger partial charge in [-0.15, -0.1) is 0 Å². The second kappa shape index (κ2) is 9.93. The number of nitro groups is 1. The number of rotatable bonds is 5. The lowest BCUT2D eigenvalue weighted by atomic mass is 9.93. The fraction of sp³-hybridized carbons (Fsp3) is 0.400. The van der Waals surface area contributed by atoms with Crippen molar-refractivity contribution in [2.75, 3.05) is 21.3 Å². The molecule has 0 fully saturated rings. The lowest BCUT2D eigenvalue weighted by molar-refractivity contribution is -0.384. The normalized spacial score (nSPS) is 9.42. The van der Waals surface area contributed by atoms with Crippen molar-refractivity contribution in [3.05, 3.63) is 39.4 Å². The third kappa shape index (κ3) is 4.77. The Kier molecular flexibility index (Phi) is 8.70. The van der Waals surface area contributed by atoms with Gasteiger partial charge in [-0.25, -0.2) is 4.79 Å². The van der Waals surface area contributed by atoms with Gasteiger partial charge in [0.25, 0.3) is 5.69 Å². The summed E-state index contributed by atoms with van der Waals surface area (Å²) in [7, 11) is 3.18. The number of benzene rings is 1. The van der Waals surface area contributed by atoms with Gasteiger partial charge < -0.3 is 14.2 Å². The molecule has 0 saturated heterocycles. The maximum Gasteiger partial charge on any atom is 0.338 e. The maximum atomic E-state index is 11.8. The zero-order valence-electron chi connectivity index (χ0n) is 14.0. The van der Waals surface area contributed by atoms with Crippen LogP contribution in [0.2, 0.25) is 0 Å². The summed E-state index contributed by atoms with van der Waals surface area (Å²) in [4.78, 5) is 45.4. The van der Waals surface area contributed by atoms with Crippen molar-refractivity contribution < 1.29 is 33.5 Å². The molecule has 0 radical (unpaired) electrons. The summed E-state index contributed by atoms with van der Waals surface area (Å²) in [6, 6.07) is 3.09. The number of hydrogen-bond acceptors (Lipinski definition) is 8. The Balaban J connectivity index is 0.00000254. The number of carbonyl (C=O) groups is 3. The summed E-state index contributed by atoms with van der Waals surface area (Å²) in [5, 5.41) is 10.8. The number of non-ortho nitro benzene ring substituents is 1. The second-order valence-corrected chi connectivity index (χ2v) is 4.00. The molecule has 0 spiro atoms. The zero-order valence-corrected chi connectivity index (χ0v) is 14.0. The molecule has 0 saturated carbocycles. The fourth-order valence-electron chi connectivity index (χ4n) is 1.78. The summed E-state index contributed by atoms with van der Waals surface area (Å²) in [5.41, 5.74) is -0.786. The van der Waals surface area contributed by atoms with Gasteiger partial charge in [0, 0.05) is 12.1 Å². The summed E-state index contributed by atoms with van der Waals surface area (Å²) in [6.07, 6.45) is 0. The van der Waals surface area contributed by atoms with Gasteiger partial charge in [-0.2, -0.15) is 0 Å². The van der Waals surface area contributed by atoms with Gasteiger partial charge in [-0.05, 0) is 11.6 Å². The lowest BCUT2D eigenvalue weighted by Gasteiger charge is -2.15. The van der Waals surface area contributed by atoms with Gasteiger partial charge in [-0.3, -0.25) is 19.7 Å². The highest BCUT2D eigenvalue weighted by molar-refractivity contribution is 6.04. The van der Waals surface area contributed by atoms with Gasteiger partial charge in [0.2, 0.25) is 0 Å². The second-order valence-electron chi connectivity index (χ2n) is 4.00. The molecule has 0 heterocycles. The predicted molar refractivity (Wildman–Crippen MR) is 82.6 cm³/mol. The average Bonchev–Trinajstić information content (AvgIpc) is 2.62. The molecule has 9 nitrogen and oxygen atoms in total. The van der Waals surface area contributed by atoms with Crippen LogP contribution in [0.3, 0.4) is 0 Å². The average molecular weight is 341 g/mol. The number of nitrogens with zero attached hydrogens (tertiary/aromatic N) is 1. The van der Waals surface area contributed by atoms with Crippen LogP contribution in [0.1, 0.15) is 35.7 Å². The van der Waals surface area contributed by atoms with Crippen molar-refractivity contribution >= 4 is 23.6 Å². The maximum absolute atomic E-state index is 11.8. The SMILES string of the molecule is CC.COC(=O)c1cc([N+](=O)[O-])ccc1C(C(=O)OC)C(=O)OC. The number of hydrogen-bond donors (Lipinski definition) is 0. The van der Waals surface area contributed by atoms with E-state index in [0.717, 1.165) is 39.5 Å². The standard InChI is InChI=1S/C13H13NO8.C2H6/c1-20-11(15)9-6-7(14(18)19)4-5-8(9)10(12(16)21-2)13(17)22-3;1-2/h4-6,10H,1-3H3;1-2H3. The van der Waals surface area contributed by atoms with Crippen molar-refractivity contribution in [3.8, 4) is 0 Å². The highest BCUT2D eigenvalue weighted by Gasteiger charge is 2.35. The highest BCUT2D eigenvalue weighted by Crippen LogP contribution is 2.27. The molecule has 0 aromatic heterocycles. The molecular weight excluding hydrogens is 322 g/mol. The zero-order chi connectivity index (χ0) is 18.9. The van der Waals surface area contributed by atoms with Crippen molar-refractivity contribution in [1.29, 1.82) is 0 Å². The molecule has 1 aromatic rings. The number of esters is 3. The van der Waals surface area contributed by atoms with Crippen molar-refractivity contribution in [2.24, 2.45) is 0 Å². The Bertz CT molecular complexity index is 610. The third-order valence-electron chi connectivity index (χ3n) is 2.84. The Labute approximate surface area is 138 Å². The molecule has 0 aliphatic carbocycles. The molecule has 1 aromatic carbocycles. The van der Waals surface area contributed by atoms with Crippen molar-refractivity contribution in [2.45, 2.75) is 19.8 Å². The number of methoxy groups -OCH3 is 3. The van der Waals surface area contributed by atoms with E-state index in [9.17, 15) is 24.5 Å². The van der Waals surface area contributed by atoms with E-state index < -0.39 is 34.4 Å². The van der Waals surface area contributed by atoms with Crippen LogP contribution in [0.4, 0.5) is 5.69 Å². The molecule has 1 rings (SSSR count).